The Balaban J connectivity index is -0.000000175. The topological polar surface area (TPSA) is 0 Å². The summed E-state index contributed by atoms with van der Waals surface area (Å²) >= 11 is 0. The van der Waals surface area contributed by atoms with E-state index >= 15 is 0 Å². The van der Waals surface area contributed by atoms with Gasteiger partial charge in [0.05, 0.1) is 0 Å². The van der Waals surface area contributed by atoms with Gasteiger partial charge >= 0.3 is 0 Å². The first kappa shape index (κ1) is 17.7. The van der Waals surface area contributed by atoms with E-state index in [1.54, 1.807) is 6.08 Å². The van der Waals surface area contributed by atoms with Crippen LogP contribution in [0, 0.1) is 5.92 Å². The molecule has 0 aliphatic carbocycles. The third-order valence-electron chi connectivity index (χ3n) is 0.761. The third-order valence-corrected chi connectivity index (χ3v) is 0.761. The van der Waals surface area contributed by atoms with Crippen LogP contribution in [0.2, 0.25) is 0 Å². The van der Waals surface area contributed by atoms with Gasteiger partial charge in [-0.2, -0.15) is 0 Å². The standard InChI is InChI=1S/C7H13F.2C2H6/c1-6(2)4-5-7(3)8;2*1-2/h4-7H,1-3H3;2*1-2H3/b5-4-;;. The molecule has 76 valence electrons. The van der Waals surface area contributed by atoms with Gasteiger partial charge in [-0.3, -0.25) is 0 Å². The Morgan fingerprint density at radius 1 is 0.833 bits per heavy atom. The largest absolute Gasteiger partial charge is 0.243 e. The number of rotatable bonds is 2. The Kier molecular flexibility index (Phi) is 25.0. The van der Waals surface area contributed by atoms with Crippen molar-refractivity contribution in [3.63, 3.8) is 0 Å². The molecule has 0 heterocycles. The maximum Gasteiger partial charge on any atom is 0.115 e. The molecule has 0 fully saturated rings. The van der Waals surface area contributed by atoms with Crippen molar-refractivity contribution in [2.45, 2.75) is 54.6 Å². The van der Waals surface area contributed by atoms with Crippen LogP contribution in [0.1, 0.15) is 48.5 Å². The van der Waals surface area contributed by atoms with Gasteiger partial charge in [-0.05, 0) is 12.8 Å². The molecule has 12 heavy (non-hydrogen) atoms. The summed E-state index contributed by atoms with van der Waals surface area (Å²) in [7, 11) is 0. The van der Waals surface area contributed by atoms with Crippen molar-refractivity contribution >= 4 is 0 Å². The van der Waals surface area contributed by atoms with Crippen LogP contribution in [0.15, 0.2) is 12.2 Å². The van der Waals surface area contributed by atoms with E-state index in [0.717, 1.165) is 0 Å². The summed E-state index contributed by atoms with van der Waals surface area (Å²) in [5.41, 5.74) is 0. The van der Waals surface area contributed by atoms with Crippen molar-refractivity contribution in [2.24, 2.45) is 5.92 Å². The molecule has 1 unspecified atom stereocenters. The zero-order chi connectivity index (χ0) is 10.6. The SMILES string of the molecule is CC.CC.CC(C)/C=C\C(C)F. The summed E-state index contributed by atoms with van der Waals surface area (Å²) in [6.07, 6.45) is 2.65. The molecule has 1 heteroatoms. The zero-order valence-electron chi connectivity index (χ0n) is 9.69. The van der Waals surface area contributed by atoms with Gasteiger partial charge in [0.15, 0.2) is 0 Å². The molecule has 0 saturated carbocycles. The van der Waals surface area contributed by atoms with Crippen molar-refractivity contribution < 1.29 is 4.39 Å². The molecule has 0 aromatic carbocycles. The number of halogens is 1. The molecule has 0 nitrogen and oxygen atoms in total. The minimum atomic E-state index is -0.794. The van der Waals surface area contributed by atoms with Crippen molar-refractivity contribution in [1.29, 1.82) is 0 Å². The second-order valence-electron chi connectivity index (χ2n) is 2.31. The van der Waals surface area contributed by atoms with Crippen LogP contribution >= 0.6 is 0 Å². The smallest absolute Gasteiger partial charge is 0.115 e. The summed E-state index contributed by atoms with van der Waals surface area (Å²) in [5.74, 6) is 0.466. The van der Waals surface area contributed by atoms with Crippen LogP contribution in [0.3, 0.4) is 0 Å². The molecule has 1 atom stereocenters. The Labute approximate surface area is 77.9 Å². The molecule has 0 radical (unpaired) electrons. The van der Waals surface area contributed by atoms with Gasteiger partial charge in [0.2, 0.25) is 0 Å². The van der Waals surface area contributed by atoms with E-state index in [1.165, 1.54) is 6.92 Å². The van der Waals surface area contributed by atoms with Crippen molar-refractivity contribution in [3.05, 3.63) is 12.2 Å². The summed E-state index contributed by atoms with van der Waals surface area (Å²) < 4.78 is 12.0. The fourth-order valence-corrected chi connectivity index (χ4v) is 0.375. The van der Waals surface area contributed by atoms with E-state index in [0.29, 0.717) is 5.92 Å². The van der Waals surface area contributed by atoms with Gasteiger partial charge in [0.1, 0.15) is 6.17 Å². The van der Waals surface area contributed by atoms with Crippen LogP contribution in [0.5, 0.6) is 0 Å². The number of hydrogen-bond acceptors (Lipinski definition) is 0. The first-order valence-electron chi connectivity index (χ1n) is 4.95. The van der Waals surface area contributed by atoms with Crippen LogP contribution in [0.4, 0.5) is 4.39 Å². The molecule has 0 aliphatic heterocycles. The van der Waals surface area contributed by atoms with E-state index < -0.39 is 6.17 Å². The highest BCUT2D eigenvalue weighted by molar-refractivity contribution is 4.88. The van der Waals surface area contributed by atoms with Crippen molar-refractivity contribution in [1.82, 2.24) is 0 Å². The highest BCUT2D eigenvalue weighted by atomic mass is 19.1. The second-order valence-corrected chi connectivity index (χ2v) is 2.31. The van der Waals surface area contributed by atoms with Crippen LogP contribution < -0.4 is 0 Å². The van der Waals surface area contributed by atoms with Gasteiger partial charge in [0.25, 0.3) is 0 Å². The van der Waals surface area contributed by atoms with Crippen molar-refractivity contribution in [2.75, 3.05) is 0 Å². The Morgan fingerprint density at radius 2 is 1.17 bits per heavy atom. The average molecular weight is 176 g/mol. The molecular weight excluding hydrogens is 151 g/mol. The lowest BCUT2D eigenvalue weighted by Gasteiger charge is -1.93. The minimum Gasteiger partial charge on any atom is -0.243 e. The Hall–Kier alpha value is -0.330. The van der Waals surface area contributed by atoms with Gasteiger partial charge in [-0.1, -0.05) is 53.7 Å². The number of alkyl halides is 1. The molecule has 0 aromatic heterocycles. The van der Waals surface area contributed by atoms with Gasteiger partial charge in [-0.15, -0.1) is 0 Å². The Bertz CT molecular complexity index is 63.1. The predicted octanol–water partition coefficient (Wildman–Crippen LogP) is 4.61. The fraction of sp³-hybridized carbons (Fsp3) is 0.818. The Morgan fingerprint density at radius 3 is 1.25 bits per heavy atom. The van der Waals surface area contributed by atoms with Gasteiger partial charge < -0.3 is 0 Å². The molecule has 0 N–H and O–H groups in total. The lowest BCUT2D eigenvalue weighted by atomic mass is 10.2. The molecular formula is C11H25F. The zero-order valence-corrected chi connectivity index (χ0v) is 9.69. The molecule has 0 aromatic rings. The van der Waals surface area contributed by atoms with E-state index in [-0.39, 0.29) is 0 Å². The molecule has 0 amide bonds. The normalized spacial score (nSPS) is 11.4. The van der Waals surface area contributed by atoms with E-state index in [4.69, 9.17) is 0 Å². The number of hydrogen-bond donors (Lipinski definition) is 0. The number of allylic oxidation sites excluding steroid dienone is 2. The lowest BCUT2D eigenvalue weighted by Crippen LogP contribution is -1.85. The van der Waals surface area contributed by atoms with E-state index in [9.17, 15) is 4.39 Å². The monoisotopic (exact) mass is 176 g/mol. The summed E-state index contributed by atoms with van der Waals surface area (Å²) in [6, 6.07) is 0. The molecule has 0 spiro atoms. The van der Waals surface area contributed by atoms with Crippen LogP contribution in [-0.2, 0) is 0 Å². The molecule has 0 rings (SSSR count). The second kappa shape index (κ2) is 17.0. The van der Waals surface area contributed by atoms with Crippen LogP contribution in [-0.4, -0.2) is 6.17 Å². The minimum absolute atomic E-state index is 0.466. The average Bonchev–Trinajstić information content (AvgIpc) is 2.08. The molecule has 0 bridgehead atoms. The van der Waals surface area contributed by atoms with Gasteiger partial charge in [0, 0.05) is 0 Å². The third kappa shape index (κ3) is 33.3. The first-order chi connectivity index (χ1) is 5.63. The fourth-order valence-electron chi connectivity index (χ4n) is 0.375. The maximum absolute atomic E-state index is 12.0. The summed E-state index contributed by atoms with van der Waals surface area (Å²) in [6.45, 7) is 13.6. The van der Waals surface area contributed by atoms with E-state index in [2.05, 4.69) is 0 Å². The highest BCUT2D eigenvalue weighted by Crippen LogP contribution is 1.97. The first-order valence-corrected chi connectivity index (χ1v) is 4.95. The van der Waals surface area contributed by atoms with Gasteiger partial charge in [-0.25, -0.2) is 4.39 Å². The molecule has 0 aliphatic rings. The highest BCUT2D eigenvalue weighted by Gasteiger charge is 1.88. The van der Waals surface area contributed by atoms with E-state index in [1.807, 2.05) is 47.6 Å². The summed E-state index contributed by atoms with van der Waals surface area (Å²) in [4.78, 5) is 0. The molecule has 0 saturated heterocycles. The van der Waals surface area contributed by atoms with Crippen LogP contribution in [0.25, 0.3) is 0 Å². The predicted molar refractivity (Wildman–Crippen MR) is 57.2 cm³/mol. The quantitative estimate of drug-likeness (QED) is 0.539. The lowest BCUT2D eigenvalue weighted by molar-refractivity contribution is 0.429. The van der Waals surface area contributed by atoms with Crippen molar-refractivity contribution in [3.8, 4) is 0 Å². The maximum atomic E-state index is 12.0. The summed E-state index contributed by atoms with van der Waals surface area (Å²) in [5, 5.41) is 0.